The summed E-state index contributed by atoms with van der Waals surface area (Å²) in [6, 6.07) is 7.56. The molecule has 0 saturated carbocycles. The Balaban J connectivity index is 2.68. The molecule has 0 aliphatic carbocycles. The van der Waals surface area contributed by atoms with Crippen LogP contribution in [-0.4, -0.2) is 30.7 Å². The lowest BCUT2D eigenvalue weighted by molar-refractivity contribution is -0.142. The second kappa shape index (κ2) is 6.65. The number of carbonyl (C=O) groups excluding carboxylic acids is 1. The van der Waals surface area contributed by atoms with E-state index in [9.17, 15) is 9.59 Å². The van der Waals surface area contributed by atoms with Gasteiger partial charge < -0.3 is 15.2 Å². The SMILES string of the molecule is COCCC(=O)N[C@H](C(=O)O)c1ccccc1. The second-order valence-corrected chi connectivity index (χ2v) is 3.49. The quantitative estimate of drug-likeness (QED) is 0.772. The topological polar surface area (TPSA) is 75.6 Å². The Bertz CT molecular complexity index is 377. The van der Waals surface area contributed by atoms with Crippen LogP contribution in [0.4, 0.5) is 0 Å². The van der Waals surface area contributed by atoms with Crippen molar-refractivity contribution in [1.82, 2.24) is 5.32 Å². The summed E-state index contributed by atoms with van der Waals surface area (Å²) in [5.74, 6) is -1.43. The van der Waals surface area contributed by atoms with Crippen LogP contribution in [0.5, 0.6) is 0 Å². The van der Waals surface area contributed by atoms with Crippen LogP contribution in [0.1, 0.15) is 18.0 Å². The lowest BCUT2D eigenvalue weighted by atomic mass is 10.1. The predicted octanol–water partition coefficient (Wildman–Crippen LogP) is 0.965. The number of ether oxygens (including phenoxy) is 1. The summed E-state index contributed by atoms with van der Waals surface area (Å²) in [4.78, 5) is 22.5. The summed E-state index contributed by atoms with van der Waals surface area (Å²) < 4.78 is 4.75. The molecule has 0 aliphatic rings. The van der Waals surface area contributed by atoms with Gasteiger partial charge in [0.05, 0.1) is 6.61 Å². The van der Waals surface area contributed by atoms with Crippen molar-refractivity contribution in [3.8, 4) is 0 Å². The number of amides is 1. The van der Waals surface area contributed by atoms with Gasteiger partial charge >= 0.3 is 5.97 Å². The average molecular weight is 237 g/mol. The summed E-state index contributed by atoms with van der Waals surface area (Å²) in [5.41, 5.74) is 0.547. The maximum Gasteiger partial charge on any atom is 0.330 e. The van der Waals surface area contributed by atoms with E-state index in [1.165, 1.54) is 7.11 Å². The van der Waals surface area contributed by atoms with Crippen molar-refractivity contribution < 1.29 is 19.4 Å². The summed E-state index contributed by atoms with van der Waals surface area (Å²) in [6.45, 7) is 0.271. The maximum atomic E-state index is 11.4. The second-order valence-electron chi connectivity index (χ2n) is 3.49. The number of hydrogen-bond donors (Lipinski definition) is 2. The molecule has 0 spiro atoms. The molecular weight excluding hydrogens is 222 g/mol. The molecule has 0 radical (unpaired) electrons. The number of methoxy groups -OCH3 is 1. The van der Waals surface area contributed by atoms with Crippen molar-refractivity contribution in [1.29, 1.82) is 0 Å². The summed E-state index contributed by atoms with van der Waals surface area (Å²) in [7, 11) is 1.49. The monoisotopic (exact) mass is 237 g/mol. The van der Waals surface area contributed by atoms with Gasteiger partial charge in [-0.15, -0.1) is 0 Å². The van der Waals surface area contributed by atoms with Crippen LogP contribution in [0.2, 0.25) is 0 Å². The fourth-order valence-electron chi connectivity index (χ4n) is 1.36. The van der Waals surface area contributed by atoms with Crippen molar-refractivity contribution in [3.05, 3.63) is 35.9 Å². The first-order valence-corrected chi connectivity index (χ1v) is 5.21. The Labute approximate surface area is 99.4 Å². The van der Waals surface area contributed by atoms with Gasteiger partial charge in [0.1, 0.15) is 0 Å². The molecule has 1 aromatic carbocycles. The fraction of sp³-hybridized carbons (Fsp3) is 0.333. The van der Waals surface area contributed by atoms with Crippen LogP contribution in [0, 0.1) is 0 Å². The standard InChI is InChI=1S/C12H15NO4/c1-17-8-7-10(14)13-11(12(15)16)9-5-3-2-4-6-9/h2-6,11H,7-8H2,1H3,(H,13,14)(H,15,16)/t11-/m0/s1. The average Bonchev–Trinajstić information content (AvgIpc) is 2.34. The molecule has 0 saturated heterocycles. The van der Waals surface area contributed by atoms with E-state index in [0.29, 0.717) is 5.56 Å². The van der Waals surface area contributed by atoms with E-state index in [4.69, 9.17) is 9.84 Å². The normalized spacial score (nSPS) is 11.8. The van der Waals surface area contributed by atoms with Crippen LogP contribution in [-0.2, 0) is 14.3 Å². The van der Waals surface area contributed by atoms with Gasteiger partial charge in [-0.3, -0.25) is 4.79 Å². The highest BCUT2D eigenvalue weighted by molar-refractivity contribution is 5.84. The van der Waals surface area contributed by atoms with Gasteiger partial charge in [0, 0.05) is 13.5 Å². The highest BCUT2D eigenvalue weighted by Crippen LogP contribution is 2.12. The fourth-order valence-corrected chi connectivity index (χ4v) is 1.36. The van der Waals surface area contributed by atoms with Crippen molar-refractivity contribution in [2.45, 2.75) is 12.5 Å². The van der Waals surface area contributed by atoms with Gasteiger partial charge in [0.25, 0.3) is 0 Å². The van der Waals surface area contributed by atoms with Crippen LogP contribution in [0.3, 0.4) is 0 Å². The van der Waals surface area contributed by atoms with Crippen molar-refractivity contribution >= 4 is 11.9 Å². The summed E-state index contributed by atoms with van der Waals surface area (Å²) in [6.07, 6.45) is 0.146. The molecule has 0 fully saturated rings. The number of nitrogens with one attached hydrogen (secondary N) is 1. The van der Waals surface area contributed by atoms with Gasteiger partial charge in [0.2, 0.25) is 5.91 Å². The molecule has 5 nitrogen and oxygen atoms in total. The number of carboxylic acids is 1. The third kappa shape index (κ3) is 4.24. The maximum absolute atomic E-state index is 11.4. The van der Waals surface area contributed by atoms with E-state index in [1.54, 1.807) is 30.3 Å². The van der Waals surface area contributed by atoms with Gasteiger partial charge in [-0.1, -0.05) is 30.3 Å². The number of carboxylic acid groups (broad SMARTS) is 1. The zero-order valence-electron chi connectivity index (χ0n) is 9.55. The van der Waals surface area contributed by atoms with E-state index in [-0.39, 0.29) is 18.9 Å². The Morgan fingerprint density at radius 1 is 1.35 bits per heavy atom. The Morgan fingerprint density at radius 3 is 2.53 bits per heavy atom. The lowest BCUT2D eigenvalue weighted by Gasteiger charge is -2.14. The molecule has 1 rings (SSSR count). The Hall–Kier alpha value is -1.88. The highest BCUT2D eigenvalue weighted by Gasteiger charge is 2.21. The molecule has 2 N–H and O–H groups in total. The molecule has 1 atom stereocenters. The van der Waals surface area contributed by atoms with Crippen LogP contribution < -0.4 is 5.32 Å². The van der Waals surface area contributed by atoms with Crippen LogP contribution >= 0.6 is 0 Å². The molecule has 0 aliphatic heterocycles. The molecule has 0 unspecified atom stereocenters. The minimum atomic E-state index is -1.08. The van der Waals surface area contributed by atoms with E-state index in [1.807, 2.05) is 0 Å². The van der Waals surface area contributed by atoms with Gasteiger partial charge in [0.15, 0.2) is 6.04 Å². The van der Waals surface area contributed by atoms with E-state index < -0.39 is 12.0 Å². The first kappa shape index (κ1) is 13.2. The van der Waals surface area contributed by atoms with Crippen molar-refractivity contribution in [2.75, 3.05) is 13.7 Å². The molecule has 0 bridgehead atoms. The zero-order chi connectivity index (χ0) is 12.7. The predicted molar refractivity (Wildman–Crippen MR) is 61.5 cm³/mol. The van der Waals surface area contributed by atoms with Crippen LogP contribution in [0.25, 0.3) is 0 Å². The Kier molecular flexibility index (Phi) is 5.16. The van der Waals surface area contributed by atoms with Crippen LogP contribution in [0.15, 0.2) is 30.3 Å². The number of hydrogen-bond acceptors (Lipinski definition) is 3. The smallest absolute Gasteiger partial charge is 0.330 e. The minimum absolute atomic E-state index is 0.146. The molecule has 0 heterocycles. The summed E-state index contributed by atoms with van der Waals surface area (Å²) >= 11 is 0. The lowest BCUT2D eigenvalue weighted by Crippen LogP contribution is -2.34. The van der Waals surface area contributed by atoms with Gasteiger partial charge in [-0.05, 0) is 5.56 Å². The third-order valence-electron chi connectivity index (χ3n) is 2.22. The number of carbonyl (C=O) groups is 2. The minimum Gasteiger partial charge on any atom is -0.479 e. The first-order chi connectivity index (χ1) is 8.15. The number of benzene rings is 1. The zero-order valence-corrected chi connectivity index (χ0v) is 9.55. The van der Waals surface area contributed by atoms with Gasteiger partial charge in [-0.25, -0.2) is 4.79 Å². The van der Waals surface area contributed by atoms with E-state index >= 15 is 0 Å². The first-order valence-electron chi connectivity index (χ1n) is 5.21. The molecule has 1 aromatic rings. The van der Waals surface area contributed by atoms with E-state index in [0.717, 1.165) is 0 Å². The summed E-state index contributed by atoms with van der Waals surface area (Å²) in [5, 5.41) is 11.5. The molecule has 92 valence electrons. The Morgan fingerprint density at radius 2 is 2.00 bits per heavy atom. The molecule has 0 aromatic heterocycles. The van der Waals surface area contributed by atoms with E-state index in [2.05, 4.69) is 5.32 Å². The third-order valence-corrected chi connectivity index (χ3v) is 2.22. The van der Waals surface area contributed by atoms with Crippen molar-refractivity contribution in [2.24, 2.45) is 0 Å². The van der Waals surface area contributed by atoms with Gasteiger partial charge in [-0.2, -0.15) is 0 Å². The largest absolute Gasteiger partial charge is 0.479 e. The number of aliphatic carboxylic acids is 1. The van der Waals surface area contributed by atoms with Crippen molar-refractivity contribution in [3.63, 3.8) is 0 Å². The molecule has 1 amide bonds. The highest BCUT2D eigenvalue weighted by atomic mass is 16.5. The molecular formula is C12H15NO4. The molecule has 17 heavy (non-hydrogen) atoms. The molecule has 5 heteroatoms. The number of rotatable bonds is 6.